The molecule has 0 N–H and O–H groups in total. The fourth-order valence-corrected chi connectivity index (χ4v) is 7.11. The van der Waals surface area contributed by atoms with E-state index in [-0.39, 0.29) is 42.0 Å². The topological polar surface area (TPSA) is 77.5 Å². The van der Waals surface area contributed by atoms with Crippen LogP contribution in [0.3, 0.4) is 0 Å². The van der Waals surface area contributed by atoms with Crippen LogP contribution in [0.4, 0.5) is 13.6 Å². The number of amides is 2. The highest BCUT2D eigenvalue weighted by molar-refractivity contribution is 6.32. The molecule has 11 heteroatoms. The largest absolute Gasteiger partial charge is 0.496 e. The van der Waals surface area contributed by atoms with E-state index in [1.807, 2.05) is 75.1 Å². The summed E-state index contributed by atoms with van der Waals surface area (Å²) in [6.45, 7) is 8.60. The highest BCUT2D eigenvalue weighted by Gasteiger charge is 2.48. The lowest BCUT2D eigenvalue weighted by Crippen LogP contribution is -2.60. The average molecular weight is 723 g/mol. The summed E-state index contributed by atoms with van der Waals surface area (Å²) in [5, 5.41) is -0.371. The minimum Gasteiger partial charge on any atom is -0.496 e. The van der Waals surface area contributed by atoms with E-state index >= 15 is 0 Å². The molecule has 8 nitrogen and oxygen atoms in total. The van der Waals surface area contributed by atoms with E-state index in [1.165, 1.54) is 0 Å². The second kappa shape index (κ2) is 15.2. The molecule has 3 aliphatic rings. The minimum absolute atomic E-state index is 0.0920. The van der Waals surface area contributed by atoms with Crippen molar-refractivity contribution in [2.24, 2.45) is 0 Å². The quantitative estimate of drug-likeness (QED) is 0.146. The van der Waals surface area contributed by atoms with Crippen molar-refractivity contribution in [1.82, 2.24) is 9.80 Å². The Labute approximate surface area is 303 Å². The van der Waals surface area contributed by atoms with Crippen LogP contribution in [0, 0.1) is 18.6 Å². The molecule has 2 amide bonds. The number of morpholine rings is 1. The molecule has 0 aromatic heterocycles. The predicted molar refractivity (Wildman–Crippen MR) is 191 cm³/mol. The maximum absolute atomic E-state index is 14.9. The zero-order valence-electron chi connectivity index (χ0n) is 29.8. The monoisotopic (exact) mass is 722 g/mol. The summed E-state index contributed by atoms with van der Waals surface area (Å²) in [5.74, 6) is -1.08. The van der Waals surface area contributed by atoms with Gasteiger partial charge in [0.05, 0.1) is 39.0 Å². The number of aryl methyl sites for hydroxylation is 1. The second-order valence-electron chi connectivity index (χ2n) is 14.4. The molecule has 3 aromatic carbocycles. The molecule has 2 unspecified atom stereocenters. The molecular weight excluding hydrogens is 678 g/mol. The maximum atomic E-state index is 14.9. The van der Waals surface area contributed by atoms with Crippen molar-refractivity contribution in [3.05, 3.63) is 99.1 Å². The second-order valence-corrected chi connectivity index (χ2v) is 14.8. The molecule has 51 heavy (non-hydrogen) atoms. The maximum Gasteiger partial charge on any atom is 0.411 e. The molecule has 2 bridgehead atoms. The van der Waals surface area contributed by atoms with Crippen molar-refractivity contribution in [2.75, 3.05) is 26.9 Å². The van der Waals surface area contributed by atoms with E-state index in [9.17, 15) is 18.4 Å². The van der Waals surface area contributed by atoms with Gasteiger partial charge in [0.25, 0.3) is 5.91 Å². The number of ether oxygens (including phenoxy) is 4. The van der Waals surface area contributed by atoms with Gasteiger partial charge >= 0.3 is 6.09 Å². The summed E-state index contributed by atoms with van der Waals surface area (Å²) in [5.41, 5.74) is 4.66. The van der Waals surface area contributed by atoms with Crippen LogP contribution >= 0.6 is 11.6 Å². The van der Waals surface area contributed by atoms with E-state index in [2.05, 4.69) is 0 Å². The molecule has 0 spiro atoms. The van der Waals surface area contributed by atoms with Gasteiger partial charge in [0.2, 0.25) is 0 Å². The molecule has 3 aromatic rings. The zero-order chi connectivity index (χ0) is 36.4. The summed E-state index contributed by atoms with van der Waals surface area (Å²) in [4.78, 5) is 32.3. The first-order valence-electron chi connectivity index (χ1n) is 17.5. The Bertz CT molecular complexity index is 1800. The first-order chi connectivity index (χ1) is 24.4. The number of carbonyl (C=O) groups is 2. The average Bonchev–Trinajstić information content (AvgIpc) is 3.93. The number of methoxy groups -OCH3 is 1. The molecule has 272 valence electrons. The summed E-state index contributed by atoms with van der Waals surface area (Å²) in [7, 11) is 1.64. The van der Waals surface area contributed by atoms with Crippen molar-refractivity contribution in [2.45, 2.75) is 90.1 Å². The number of hydrogen-bond donors (Lipinski definition) is 0. The van der Waals surface area contributed by atoms with Crippen LogP contribution in [-0.4, -0.2) is 72.5 Å². The molecule has 6 rings (SSSR count). The van der Waals surface area contributed by atoms with E-state index < -0.39 is 29.4 Å². The van der Waals surface area contributed by atoms with Gasteiger partial charge in [-0.05, 0) is 106 Å². The molecule has 2 fully saturated rings. The van der Waals surface area contributed by atoms with Gasteiger partial charge in [0.15, 0.2) is 11.6 Å². The Morgan fingerprint density at radius 3 is 2.43 bits per heavy atom. The first-order valence-corrected chi connectivity index (χ1v) is 17.8. The summed E-state index contributed by atoms with van der Waals surface area (Å²) in [6, 6.07) is 15.0. The van der Waals surface area contributed by atoms with Crippen molar-refractivity contribution in [1.29, 1.82) is 0 Å². The highest BCUT2D eigenvalue weighted by Crippen LogP contribution is 2.41. The third-order valence-corrected chi connectivity index (χ3v) is 9.97. The fourth-order valence-electron chi connectivity index (χ4n) is 6.90. The molecule has 0 radical (unpaired) electrons. The van der Waals surface area contributed by atoms with Gasteiger partial charge in [0, 0.05) is 18.2 Å². The van der Waals surface area contributed by atoms with E-state index in [0.29, 0.717) is 38.0 Å². The molecule has 1 saturated heterocycles. The van der Waals surface area contributed by atoms with Gasteiger partial charge in [0.1, 0.15) is 22.2 Å². The highest BCUT2D eigenvalue weighted by atomic mass is 35.5. The normalized spacial score (nSPS) is 18.8. The molecule has 2 atom stereocenters. The lowest BCUT2D eigenvalue weighted by atomic mass is 9.82. The van der Waals surface area contributed by atoms with Gasteiger partial charge in [-0.2, -0.15) is 0 Å². The van der Waals surface area contributed by atoms with Crippen molar-refractivity contribution < 1.29 is 37.3 Å². The van der Waals surface area contributed by atoms with Crippen LogP contribution < -0.4 is 9.47 Å². The lowest BCUT2D eigenvalue weighted by molar-refractivity contribution is -0.130. The van der Waals surface area contributed by atoms with Crippen LogP contribution in [0.2, 0.25) is 5.02 Å². The summed E-state index contributed by atoms with van der Waals surface area (Å²) >= 11 is 5.90. The van der Waals surface area contributed by atoms with Crippen LogP contribution in [0.25, 0.3) is 5.57 Å². The van der Waals surface area contributed by atoms with Crippen molar-refractivity contribution in [3.8, 4) is 11.5 Å². The van der Waals surface area contributed by atoms with E-state index in [1.54, 1.807) is 12.0 Å². The third kappa shape index (κ3) is 8.17. The standard InChI is InChI=1S/C40H45ClF2N2O6/c1-24-27(9-6-10-34(24)48-5)21-44(28-15-16-28)38(46)35-30(20-29-22-49-23-33(35)45(29)39(47)51-40(2,3)4)26-13-11-25(12-14-26)8-7-19-50-37-32(43)18-17-31(42)36(37)41/h6,9-14,17-18,28-29,33H,7-8,15-16,19-23H2,1-5H3. The van der Waals surface area contributed by atoms with Crippen molar-refractivity contribution in [3.63, 3.8) is 0 Å². The Balaban J connectivity index is 1.29. The fraction of sp³-hybridized carbons (Fsp3) is 0.450. The van der Waals surface area contributed by atoms with Crippen molar-refractivity contribution >= 4 is 29.2 Å². The first kappa shape index (κ1) is 36.6. The third-order valence-electron chi connectivity index (χ3n) is 9.61. The number of carbonyl (C=O) groups excluding carboxylic acids is 2. The predicted octanol–water partition coefficient (Wildman–Crippen LogP) is 8.30. The Morgan fingerprint density at radius 2 is 1.75 bits per heavy atom. The number of nitrogens with zero attached hydrogens (tertiary/aromatic N) is 2. The van der Waals surface area contributed by atoms with Gasteiger partial charge in [-0.1, -0.05) is 48.0 Å². The molecule has 1 saturated carbocycles. The number of benzene rings is 3. The van der Waals surface area contributed by atoms with Crippen LogP contribution in [0.1, 0.15) is 68.7 Å². The molecule has 2 aliphatic heterocycles. The Hall–Kier alpha value is -4.15. The summed E-state index contributed by atoms with van der Waals surface area (Å²) < 4.78 is 50.9. The SMILES string of the molecule is COc1cccc(CN(C(=O)C2=C(c3ccc(CCCOc4c(F)ccc(F)c4Cl)cc3)CC3COCC2N3C(=O)OC(C)(C)C)C2CC2)c1C. The minimum atomic E-state index is -0.737. The number of rotatable bonds is 11. The summed E-state index contributed by atoms with van der Waals surface area (Å²) in [6.07, 6.45) is 2.97. The number of fused-ring (bicyclic) bond motifs is 2. The Morgan fingerprint density at radius 1 is 1.02 bits per heavy atom. The van der Waals surface area contributed by atoms with E-state index in [0.717, 1.165) is 58.6 Å². The zero-order valence-corrected chi connectivity index (χ0v) is 30.5. The number of halogens is 3. The molecule has 2 heterocycles. The lowest BCUT2D eigenvalue weighted by Gasteiger charge is -2.47. The van der Waals surface area contributed by atoms with Crippen LogP contribution in [0.15, 0.2) is 60.2 Å². The van der Waals surface area contributed by atoms with Crippen LogP contribution in [-0.2, 0) is 27.2 Å². The molecular formula is C40H45ClF2N2O6. The van der Waals surface area contributed by atoms with Gasteiger partial charge < -0.3 is 23.8 Å². The smallest absolute Gasteiger partial charge is 0.411 e. The van der Waals surface area contributed by atoms with Gasteiger partial charge in [-0.3, -0.25) is 9.69 Å². The Kier molecular flexibility index (Phi) is 10.9. The van der Waals surface area contributed by atoms with Gasteiger partial charge in [-0.15, -0.1) is 0 Å². The van der Waals surface area contributed by atoms with Gasteiger partial charge in [-0.25, -0.2) is 13.6 Å². The van der Waals surface area contributed by atoms with E-state index in [4.69, 9.17) is 30.5 Å². The molecule has 1 aliphatic carbocycles. The van der Waals surface area contributed by atoms with Crippen LogP contribution in [0.5, 0.6) is 11.5 Å². The number of hydrogen-bond acceptors (Lipinski definition) is 6.